The Bertz CT molecular complexity index is 864. The number of nitriles is 1. The largest absolute Gasteiger partial charge is 0.363 e. The average Bonchev–Trinajstić information content (AvgIpc) is 2.56. The van der Waals surface area contributed by atoms with Crippen LogP contribution in [0.4, 0.5) is 5.82 Å². The van der Waals surface area contributed by atoms with Gasteiger partial charge < -0.3 is 5.32 Å². The number of rotatable bonds is 3. The number of fused-ring (bicyclic) bond motifs is 1. The minimum atomic E-state index is 0.0481. The molecule has 1 unspecified atom stereocenters. The van der Waals surface area contributed by atoms with Gasteiger partial charge in [0.05, 0.1) is 23.2 Å². The standard InChI is InChI=1S/C18H16N4/c1-12-5-3-8-16-17(12)20-11-21-18(16)22-13(2)15-7-4-6-14(9-15)10-19/h3-9,11,13H,1-2H3,(H,20,21,22). The Kier molecular flexibility index (Phi) is 3.71. The van der Waals surface area contributed by atoms with E-state index in [1.807, 2.05) is 43.3 Å². The van der Waals surface area contributed by atoms with E-state index >= 15 is 0 Å². The van der Waals surface area contributed by atoms with Crippen LogP contribution in [0.25, 0.3) is 10.9 Å². The number of para-hydroxylation sites is 1. The van der Waals surface area contributed by atoms with Gasteiger partial charge in [0.2, 0.25) is 0 Å². The molecule has 2 aromatic carbocycles. The molecule has 0 fully saturated rings. The molecule has 0 spiro atoms. The van der Waals surface area contributed by atoms with E-state index in [-0.39, 0.29) is 6.04 Å². The predicted octanol–water partition coefficient (Wildman–Crippen LogP) is 3.98. The highest BCUT2D eigenvalue weighted by Gasteiger charge is 2.10. The first-order valence-electron chi connectivity index (χ1n) is 7.16. The van der Waals surface area contributed by atoms with Gasteiger partial charge in [-0.3, -0.25) is 0 Å². The zero-order chi connectivity index (χ0) is 15.5. The Labute approximate surface area is 129 Å². The molecule has 0 bridgehead atoms. The van der Waals surface area contributed by atoms with E-state index in [2.05, 4.69) is 28.3 Å². The van der Waals surface area contributed by atoms with Gasteiger partial charge in [0.1, 0.15) is 12.1 Å². The molecule has 0 aliphatic carbocycles. The number of hydrogen-bond acceptors (Lipinski definition) is 4. The van der Waals surface area contributed by atoms with Crippen LogP contribution < -0.4 is 5.32 Å². The number of nitrogens with one attached hydrogen (secondary N) is 1. The Morgan fingerprint density at radius 2 is 1.95 bits per heavy atom. The summed E-state index contributed by atoms with van der Waals surface area (Å²) in [6.07, 6.45) is 1.58. The molecule has 0 saturated heterocycles. The molecule has 1 heterocycles. The summed E-state index contributed by atoms with van der Waals surface area (Å²) in [5.74, 6) is 0.809. The monoisotopic (exact) mass is 288 g/mol. The van der Waals surface area contributed by atoms with Gasteiger partial charge in [-0.05, 0) is 43.2 Å². The van der Waals surface area contributed by atoms with Crippen LogP contribution in [-0.4, -0.2) is 9.97 Å². The van der Waals surface area contributed by atoms with Crippen molar-refractivity contribution in [3.8, 4) is 6.07 Å². The van der Waals surface area contributed by atoms with Crippen LogP contribution in [0.2, 0.25) is 0 Å². The van der Waals surface area contributed by atoms with Gasteiger partial charge in [0.15, 0.2) is 0 Å². The molecule has 1 N–H and O–H groups in total. The second-order valence-electron chi connectivity index (χ2n) is 5.30. The van der Waals surface area contributed by atoms with Crippen molar-refractivity contribution in [2.45, 2.75) is 19.9 Å². The van der Waals surface area contributed by atoms with Crippen molar-refractivity contribution in [3.05, 3.63) is 65.5 Å². The fourth-order valence-electron chi connectivity index (χ4n) is 2.52. The summed E-state index contributed by atoms with van der Waals surface area (Å²) >= 11 is 0. The molecule has 108 valence electrons. The molecule has 3 rings (SSSR count). The van der Waals surface area contributed by atoms with Crippen molar-refractivity contribution >= 4 is 16.7 Å². The summed E-state index contributed by atoms with van der Waals surface area (Å²) in [6.45, 7) is 4.10. The van der Waals surface area contributed by atoms with Crippen LogP contribution in [-0.2, 0) is 0 Å². The minimum absolute atomic E-state index is 0.0481. The van der Waals surface area contributed by atoms with E-state index in [9.17, 15) is 0 Å². The number of aryl methyl sites for hydroxylation is 1. The lowest BCUT2D eigenvalue weighted by atomic mass is 10.1. The number of aromatic nitrogens is 2. The fraction of sp³-hybridized carbons (Fsp3) is 0.167. The molecule has 3 aromatic rings. The number of anilines is 1. The zero-order valence-corrected chi connectivity index (χ0v) is 12.5. The molecule has 0 aliphatic rings. The van der Waals surface area contributed by atoms with Crippen LogP contribution in [0.5, 0.6) is 0 Å². The maximum absolute atomic E-state index is 9.01. The van der Waals surface area contributed by atoms with Crippen LogP contribution in [0.15, 0.2) is 48.8 Å². The lowest BCUT2D eigenvalue weighted by molar-refractivity contribution is 0.875. The second-order valence-corrected chi connectivity index (χ2v) is 5.30. The Morgan fingerprint density at radius 1 is 1.14 bits per heavy atom. The topological polar surface area (TPSA) is 61.6 Å². The highest BCUT2D eigenvalue weighted by Crippen LogP contribution is 2.25. The van der Waals surface area contributed by atoms with Crippen molar-refractivity contribution in [1.29, 1.82) is 5.26 Å². The first-order valence-corrected chi connectivity index (χ1v) is 7.16. The van der Waals surface area contributed by atoms with Gasteiger partial charge in [-0.15, -0.1) is 0 Å². The van der Waals surface area contributed by atoms with E-state index in [1.54, 1.807) is 12.4 Å². The molecule has 0 saturated carbocycles. The van der Waals surface area contributed by atoms with Gasteiger partial charge in [0, 0.05) is 5.39 Å². The minimum Gasteiger partial charge on any atom is -0.363 e. The van der Waals surface area contributed by atoms with Crippen molar-refractivity contribution in [1.82, 2.24) is 9.97 Å². The van der Waals surface area contributed by atoms with E-state index in [0.717, 1.165) is 27.8 Å². The molecule has 1 aromatic heterocycles. The molecule has 0 amide bonds. The smallest absolute Gasteiger partial charge is 0.137 e. The predicted molar refractivity (Wildman–Crippen MR) is 87.5 cm³/mol. The molecular weight excluding hydrogens is 272 g/mol. The molecular formula is C18H16N4. The van der Waals surface area contributed by atoms with Gasteiger partial charge in [-0.2, -0.15) is 5.26 Å². The summed E-state index contributed by atoms with van der Waals surface area (Å²) in [4.78, 5) is 8.72. The molecule has 4 nitrogen and oxygen atoms in total. The first-order chi connectivity index (χ1) is 10.7. The van der Waals surface area contributed by atoms with Gasteiger partial charge in [0.25, 0.3) is 0 Å². The molecule has 0 aliphatic heterocycles. The van der Waals surface area contributed by atoms with Crippen LogP contribution in [0.3, 0.4) is 0 Å². The van der Waals surface area contributed by atoms with Crippen molar-refractivity contribution in [2.75, 3.05) is 5.32 Å². The molecule has 0 radical (unpaired) electrons. The third-order valence-electron chi connectivity index (χ3n) is 3.74. The van der Waals surface area contributed by atoms with Gasteiger partial charge >= 0.3 is 0 Å². The van der Waals surface area contributed by atoms with E-state index in [4.69, 9.17) is 5.26 Å². The third kappa shape index (κ3) is 2.61. The Morgan fingerprint density at radius 3 is 2.77 bits per heavy atom. The number of hydrogen-bond donors (Lipinski definition) is 1. The summed E-state index contributed by atoms with van der Waals surface area (Å²) in [5.41, 5.74) is 3.80. The van der Waals surface area contributed by atoms with Crippen LogP contribution >= 0.6 is 0 Å². The van der Waals surface area contributed by atoms with Crippen molar-refractivity contribution in [3.63, 3.8) is 0 Å². The summed E-state index contributed by atoms with van der Waals surface area (Å²) in [7, 11) is 0. The lowest BCUT2D eigenvalue weighted by Gasteiger charge is -2.16. The molecule has 22 heavy (non-hydrogen) atoms. The SMILES string of the molecule is Cc1cccc2c(NC(C)c3cccc(C#N)c3)ncnc12. The fourth-order valence-corrected chi connectivity index (χ4v) is 2.52. The van der Waals surface area contributed by atoms with Gasteiger partial charge in [-0.1, -0.05) is 24.3 Å². The lowest BCUT2D eigenvalue weighted by Crippen LogP contribution is -2.09. The van der Waals surface area contributed by atoms with Crippen LogP contribution in [0.1, 0.15) is 29.7 Å². The highest BCUT2D eigenvalue weighted by molar-refractivity contribution is 5.90. The number of nitrogens with zero attached hydrogens (tertiary/aromatic N) is 3. The highest BCUT2D eigenvalue weighted by atomic mass is 15.0. The van der Waals surface area contributed by atoms with E-state index in [1.165, 1.54) is 0 Å². The van der Waals surface area contributed by atoms with Gasteiger partial charge in [-0.25, -0.2) is 9.97 Å². The Hall–Kier alpha value is -2.93. The third-order valence-corrected chi connectivity index (χ3v) is 3.74. The second kappa shape index (κ2) is 5.82. The molecule has 1 atom stereocenters. The van der Waals surface area contributed by atoms with E-state index in [0.29, 0.717) is 5.56 Å². The summed E-state index contributed by atoms with van der Waals surface area (Å²) in [6, 6.07) is 15.9. The zero-order valence-electron chi connectivity index (χ0n) is 12.5. The molecule has 4 heteroatoms. The Balaban J connectivity index is 1.96. The summed E-state index contributed by atoms with van der Waals surface area (Å²) < 4.78 is 0. The normalized spacial score (nSPS) is 11.9. The van der Waals surface area contributed by atoms with Crippen molar-refractivity contribution in [2.24, 2.45) is 0 Å². The average molecular weight is 288 g/mol. The maximum atomic E-state index is 9.01. The first kappa shape index (κ1) is 14.0. The maximum Gasteiger partial charge on any atom is 0.137 e. The number of benzene rings is 2. The van der Waals surface area contributed by atoms with Crippen molar-refractivity contribution < 1.29 is 0 Å². The van der Waals surface area contributed by atoms with Crippen LogP contribution in [0, 0.1) is 18.3 Å². The quantitative estimate of drug-likeness (QED) is 0.791. The van der Waals surface area contributed by atoms with E-state index < -0.39 is 0 Å². The summed E-state index contributed by atoms with van der Waals surface area (Å²) in [5, 5.41) is 13.4.